The van der Waals surface area contributed by atoms with Crippen LogP contribution in [0.25, 0.3) is 11.4 Å². The molecule has 2 heterocycles. The second-order valence-corrected chi connectivity index (χ2v) is 7.34. The van der Waals surface area contributed by atoms with Crippen molar-refractivity contribution >= 4 is 17.5 Å². The number of benzene rings is 2. The predicted octanol–water partition coefficient (Wildman–Crippen LogP) is 3.07. The van der Waals surface area contributed by atoms with Crippen LogP contribution >= 0.6 is 0 Å². The van der Waals surface area contributed by atoms with Gasteiger partial charge in [-0.1, -0.05) is 30.3 Å². The maximum Gasteiger partial charge on any atom is 0.260 e. The minimum atomic E-state index is -0.0528. The molecule has 1 aliphatic rings. The van der Waals surface area contributed by atoms with Gasteiger partial charge in [-0.05, 0) is 37.3 Å². The average molecular weight is 416 g/mol. The molecule has 2 aromatic carbocycles. The van der Waals surface area contributed by atoms with Gasteiger partial charge in [-0.15, -0.1) is 0 Å². The zero-order valence-electron chi connectivity index (χ0n) is 17.4. The Balaban J connectivity index is 1.30. The SMILES string of the molecule is CC(=O)c1ccc(OCC(=O)N2CCN(c3ccnc(-c4ccccc4)n3)CC2)cc1. The lowest BCUT2D eigenvalue weighted by Gasteiger charge is -2.35. The molecule has 1 saturated heterocycles. The molecular formula is C24H24N4O3. The summed E-state index contributed by atoms with van der Waals surface area (Å²) in [5, 5.41) is 0. The van der Waals surface area contributed by atoms with Gasteiger partial charge in [-0.25, -0.2) is 9.97 Å². The van der Waals surface area contributed by atoms with E-state index >= 15 is 0 Å². The summed E-state index contributed by atoms with van der Waals surface area (Å²) in [6.45, 7) is 4.11. The molecule has 0 bridgehead atoms. The number of hydrogen-bond acceptors (Lipinski definition) is 6. The van der Waals surface area contributed by atoms with Gasteiger partial charge < -0.3 is 14.5 Å². The third-order valence-corrected chi connectivity index (χ3v) is 5.25. The van der Waals surface area contributed by atoms with E-state index in [0.717, 1.165) is 11.4 Å². The fourth-order valence-electron chi connectivity index (χ4n) is 3.46. The molecule has 1 aliphatic heterocycles. The summed E-state index contributed by atoms with van der Waals surface area (Å²) < 4.78 is 5.60. The minimum Gasteiger partial charge on any atom is -0.484 e. The molecule has 0 spiro atoms. The number of amides is 1. The van der Waals surface area contributed by atoms with Crippen molar-refractivity contribution in [1.29, 1.82) is 0 Å². The molecule has 0 aliphatic carbocycles. The molecule has 1 aromatic heterocycles. The standard InChI is InChI=1S/C24H24N4O3/c1-18(29)19-7-9-21(10-8-19)31-17-23(30)28-15-13-27(14-16-28)22-11-12-25-24(26-22)20-5-3-2-4-6-20/h2-12H,13-17H2,1H3. The molecule has 0 saturated carbocycles. The quantitative estimate of drug-likeness (QED) is 0.575. The van der Waals surface area contributed by atoms with E-state index in [2.05, 4.69) is 9.88 Å². The number of rotatable bonds is 6. The molecular weight excluding hydrogens is 392 g/mol. The van der Waals surface area contributed by atoms with Crippen molar-refractivity contribution in [3.8, 4) is 17.1 Å². The van der Waals surface area contributed by atoms with Gasteiger partial charge in [-0.2, -0.15) is 0 Å². The van der Waals surface area contributed by atoms with E-state index in [0.29, 0.717) is 43.3 Å². The second-order valence-electron chi connectivity index (χ2n) is 7.34. The summed E-state index contributed by atoms with van der Waals surface area (Å²) in [5.74, 6) is 2.08. The molecule has 0 N–H and O–H groups in total. The van der Waals surface area contributed by atoms with Gasteiger partial charge in [0.05, 0.1) is 0 Å². The first-order valence-electron chi connectivity index (χ1n) is 10.2. The Labute approximate surface area is 181 Å². The van der Waals surface area contributed by atoms with Crippen molar-refractivity contribution in [2.24, 2.45) is 0 Å². The highest BCUT2D eigenvalue weighted by Gasteiger charge is 2.22. The van der Waals surface area contributed by atoms with Gasteiger partial charge in [-0.3, -0.25) is 9.59 Å². The van der Waals surface area contributed by atoms with E-state index in [9.17, 15) is 9.59 Å². The molecule has 0 atom stereocenters. The number of ether oxygens (including phenoxy) is 1. The van der Waals surface area contributed by atoms with E-state index in [1.54, 1.807) is 35.4 Å². The lowest BCUT2D eigenvalue weighted by Crippen LogP contribution is -2.50. The van der Waals surface area contributed by atoms with Gasteiger partial charge in [0, 0.05) is 43.5 Å². The van der Waals surface area contributed by atoms with Crippen molar-refractivity contribution in [3.05, 3.63) is 72.4 Å². The fraction of sp³-hybridized carbons (Fsp3) is 0.250. The van der Waals surface area contributed by atoms with Crippen LogP contribution in [0, 0.1) is 0 Å². The summed E-state index contributed by atoms with van der Waals surface area (Å²) >= 11 is 0. The van der Waals surface area contributed by atoms with E-state index in [1.807, 2.05) is 36.4 Å². The van der Waals surface area contributed by atoms with Crippen LogP contribution in [-0.4, -0.2) is 59.3 Å². The number of aromatic nitrogens is 2. The Morgan fingerprint density at radius 2 is 1.65 bits per heavy atom. The zero-order chi connectivity index (χ0) is 21.6. The number of carbonyl (C=O) groups excluding carboxylic acids is 2. The molecule has 158 valence electrons. The van der Waals surface area contributed by atoms with Gasteiger partial charge in [0.25, 0.3) is 5.91 Å². The Morgan fingerprint density at radius 3 is 2.32 bits per heavy atom. The number of nitrogens with zero attached hydrogens (tertiary/aromatic N) is 4. The maximum absolute atomic E-state index is 12.5. The summed E-state index contributed by atoms with van der Waals surface area (Å²) in [6, 6.07) is 18.6. The molecule has 0 unspecified atom stereocenters. The van der Waals surface area contributed by atoms with Crippen molar-refractivity contribution in [1.82, 2.24) is 14.9 Å². The van der Waals surface area contributed by atoms with Crippen LogP contribution in [0.5, 0.6) is 5.75 Å². The van der Waals surface area contributed by atoms with Crippen LogP contribution in [0.4, 0.5) is 5.82 Å². The molecule has 1 amide bonds. The van der Waals surface area contributed by atoms with Crippen LogP contribution in [-0.2, 0) is 4.79 Å². The molecule has 3 aromatic rings. The van der Waals surface area contributed by atoms with Crippen molar-refractivity contribution in [3.63, 3.8) is 0 Å². The van der Waals surface area contributed by atoms with Crippen molar-refractivity contribution < 1.29 is 14.3 Å². The Kier molecular flexibility index (Phi) is 6.21. The van der Waals surface area contributed by atoms with E-state index in [1.165, 1.54) is 6.92 Å². The second kappa shape index (κ2) is 9.38. The smallest absolute Gasteiger partial charge is 0.260 e. The largest absolute Gasteiger partial charge is 0.484 e. The van der Waals surface area contributed by atoms with Gasteiger partial charge in [0.2, 0.25) is 0 Å². The predicted molar refractivity (Wildman–Crippen MR) is 118 cm³/mol. The van der Waals surface area contributed by atoms with Crippen LogP contribution in [0.15, 0.2) is 66.9 Å². The Morgan fingerprint density at radius 1 is 0.935 bits per heavy atom. The van der Waals surface area contributed by atoms with Crippen LogP contribution in [0.3, 0.4) is 0 Å². The number of piperazine rings is 1. The topological polar surface area (TPSA) is 75.6 Å². The molecule has 0 radical (unpaired) electrons. The first-order chi connectivity index (χ1) is 15.1. The number of carbonyl (C=O) groups is 2. The van der Waals surface area contributed by atoms with Crippen LogP contribution in [0.1, 0.15) is 17.3 Å². The summed E-state index contributed by atoms with van der Waals surface area (Å²) in [4.78, 5) is 36.9. The summed E-state index contributed by atoms with van der Waals surface area (Å²) in [5.41, 5.74) is 1.60. The van der Waals surface area contributed by atoms with Crippen LogP contribution < -0.4 is 9.64 Å². The first kappa shape index (κ1) is 20.5. The lowest BCUT2D eigenvalue weighted by molar-refractivity contribution is -0.133. The Bertz CT molecular complexity index is 1050. The molecule has 7 nitrogen and oxygen atoms in total. The van der Waals surface area contributed by atoms with Gasteiger partial charge in [0.1, 0.15) is 11.6 Å². The summed E-state index contributed by atoms with van der Waals surface area (Å²) in [6.07, 6.45) is 1.77. The molecule has 1 fully saturated rings. The number of anilines is 1. The van der Waals surface area contributed by atoms with Gasteiger partial charge >= 0.3 is 0 Å². The highest BCUT2D eigenvalue weighted by Crippen LogP contribution is 2.19. The van der Waals surface area contributed by atoms with Crippen molar-refractivity contribution in [2.45, 2.75) is 6.92 Å². The number of Topliss-reactive ketones (excluding diaryl/α,β-unsaturated/α-hetero) is 1. The van der Waals surface area contributed by atoms with E-state index in [-0.39, 0.29) is 18.3 Å². The van der Waals surface area contributed by atoms with E-state index in [4.69, 9.17) is 9.72 Å². The average Bonchev–Trinajstić information content (AvgIpc) is 2.83. The number of hydrogen-bond donors (Lipinski definition) is 0. The third-order valence-electron chi connectivity index (χ3n) is 5.25. The van der Waals surface area contributed by atoms with Crippen molar-refractivity contribution in [2.75, 3.05) is 37.7 Å². The third kappa shape index (κ3) is 5.06. The minimum absolute atomic E-state index is 0.0000682. The van der Waals surface area contributed by atoms with Gasteiger partial charge in [0.15, 0.2) is 18.2 Å². The monoisotopic (exact) mass is 416 g/mol. The fourth-order valence-corrected chi connectivity index (χ4v) is 3.46. The first-order valence-corrected chi connectivity index (χ1v) is 10.2. The highest BCUT2D eigenvalue weighted by atomic mass is 16.5. The maximum atomic E-state index is 12.5. The molecule has 4 rings (SSSR count). The molecule has 31 heavy (non-hydrogen) atoms. The van der Waals surface area contributed by atoms with E-state index < -0.39 is 0 Å². The normalized spacial score (nSPS) is 13.7. The number of ketones is 1. The molecule has 7 heteroatoms. The lowest BCUT2D eigenvalue weighted by atomic mass is 10.1. The zero-order valence-corrected chi connectivity index (χ0v) is 17.4. The highest BCUT2D eigenvalue weighted by molar-refractivity contribution is 5.94. The summed E-state index contributed by atoms with van der Waals surface area (Å²) in [7, 11) is 0. The van der Waals surface area contributed by atoms with Crippen LogP contribution in [0.2, 0.25) is 0 Å². The Hall–Kier alpha value is -3.74.